The Morgan fingerprint density at radius 2 is 2.31 bits per heavy atom. The highest BCUT2D eigenvalue weighted by Gasteiger charge is 2.43. The van der Waals surface area contributed by atoms with Gasteiger partial charge in [0.2, 0.25) is 0 Å². The number of rotatable bonds is 3. The lowest BCUT2D eigenvalue weighted by atomic mass is 9.64. The van der Waals surface area contributed by atoms with Gasteiger partial charge in [-0.1, -0.05) is 28.9 Å². The van der Waals surface area contributed by atoms with E-state index in [-0.39, 0.29) is 5.41 Å². The fraction of sp³-hybridized carbons (Fsp3) is 0.462. The molecule has 3 heteroatoms. The average Bonchev–Trinajstić information content (AvgIpc) is 2.23. The number of benzene rings is 1. The van der Waals surface area contributed by atoms with Crippen LogP contribution in [0.4, 0.5) is 0 Å². The zero-order valence-electron chi connectivity index (χ0n) is 9.24. The fourth-order valence-electron chi connectivity index (χ4n) is 2.29. The normalized spacial score (nSPS) is 27.9. The van der Waals surface area contributed by atoms with Crippen molar-refractivity contribution < 1.29 is 4.74 Å². The molecule has 0 spiro atoms. The first-order chi connectivity index (χ1) is 7.63. The number of nitriles is 1. The second-order valence-corrected chi connectivity index (χ2v) is 5.57. The van der Waals surface area contributed by atoms with Crippen molar-refractivity contribution in [3.05, 3.63) is 28.7 Å². The number of ether oxygens (including phenoxy) is 1. The van der Waals surface area contributed by atoms with E-state index in [1.165, 1.54) is 0 Å². The van der Waals surface area contributed by atoms with Gasteiger partial charge in [0.1, 0.15) is 12.4 Å². The predicted molar refractivity (Wildman–Crippen MR) is 66.1 cm³/mol. The van der Waals surface area contributed by atoms with E-state index >= 15 is 0 Å². The van der Waals surface area contributed by atoms with Crippen molar-refractivity contribution in [1.29, 1.82) is 5.26 Å². The Kier molecular flexibility index (Phi) is 3.20. The van der Waals surface area contributed by atoms with Gasteiger partial charge in [-0.15, -0.1) is 0 Å². The van der Waals surface area contributed by atoms with Gasteiger partial charge in [-0.2, -0.15) is 5.26 Å². The van der Waals surface area contributed by atoms with Crippen LogP contribution in [0, 0.1) is 22.7 Å². The summed E-state index contributed by atoms with van der Waals surface area (Å²) in [6.45, 7) is 2.68. The SMILES string of the molecule is CC1CC(C#N)(COc2cccc(Br)c2)C1. The topological polar surface area (TPSA) is 33.0 Å². The Hall–Kier alpha value is -1.01. The summed E-state index contributed by atoms with van der Waals surface area (Å²) in [6.07, 6.45) is 1.91. The summed E-state index contributed by atoms with van der Waals surface area (Å²) in [5, 5.41) is 9.15. The molecule has 0 unspecified atom stereocenters. The van der Waals surface area contributed by atoms with Crippen LogP contribution in [0.5, 0.6) is 5.75 Å². The third-order valence-electron chi connectivity index (χ3n) is 3.03. The van der Waals surface area contributed by atoms with E-state index in [1.54, 1.807) is 0 Å². The van der Waals surface area contributed by atoms with Crippen LogP contribution in [-0.2, 0) is 0 Å². The van der Waals surface area contributed by atoms with Gasteiger partial charge in [0.05, 0.1) is 11.5 Å². The number of nitrogens with zero attached hydrogens (tertiary/aromatic N) is 1. The van der Waals surface area contributed by atoms with Crippen molar-refractivity contribution in [3.8, 4) is 11.8 Å². The van der Waals surface area contributed by atoms with Crippen molar-refractivity contribution in [2.75, 3.05) is 6.61 Å². The average molecular weight is 280 g/mol. The molecule has 2 nitrogen and oxygen atoms in total. The molecule has 2 rings (SSSR count). The molecule has 0 radical (unpaired) electrons. The van der Waals surface area contributed by atoms with E-state index in [2.05, 4.69) is 28.9 Å². The quantitative estimate of drug-likeness (QED) is 0.844. The summed E-state index contributed by atoms with van der Waals surface area (Å²) in [5.41, 5.74) is -0.248. The molecule has 1 aromatic rings. The molecule has 16 heavy (non-hydrogen) atoms. The highest BCUT2D eigenvalue weighted by atomic mass is 79.9. The molecule has 1 saturated carbocycles. The molecule has 0 saturated heterocycles. The first kappa shape index (κ1) is 11.5. The maximum absolute atomic E-state index is 9.15. The Morgan fingerprint density at radius 1 is 1.56 bits per heavy atom. The van der Waals surface area contributed by atoms with E-state index in [0.29, 0.717) is 12.5 Å². The van der Waals surface area contributed by atoms with Gasteiger partial charge in [0.15, 0.2) is 0 Å². The Bertz CT molecular complexity index is 418. The van der Waals surface area contributed by atoms with Crippen LogP contribution in [0.2, 0.25) is 0 Å². The molecule has 1 aliphatic carbocycles. The van der Waals surface area contributed by atoms with Crippen molar-refractivity contribution in [1.82, 2.24) is 0 Å². The van der Waals surface area contributed by atoms with E-state index < -0.39 is 0 Å². The lowest BCUT2D eigenvalue weighted by Crippen LogP contribution is -2.39. The lowest BCUT2D eigenvalue weighted by molar-refractivity contribution is 0.0657. The fourth-order valence-corrected chi connectivity index (χ4v) is 2.67. The molecule has 0 aromatic heterocycles. The summed E-state index contributed by atoms with van der Waals surface area (Å²) in [6, 6.07) is 10.1. The molecule has 1 aliphatic rings. The van der Waals surface area contributed by atoms with Crippen LogP contribution in [0.1, 0.15) is 19.8 Å². The Morgan fingerprint density at radius 3 is 2.88 bits per heavy atom. The first-order valence-corrected chi connectivity index (χ1v) is 6.22. The largest absolute Gasteiger partial charge is 0.492 e. The summed E-state index contributed by atoms with van der Waals surface area (Å²) >= 11 is 3.40. The van der Waals surface area contributed by atoms with Crippen molar-refractivity contribution in [3.63, 3.8) is 0 Å². The molecule has 0 heterocycles. The van der Waals surface area contributed by atoms with E-state index in [1.807, 2.05) is 24.3 Å². The van der Waals surface area contributed by atoms with Gasteiger partial charge >= 0.3 is 0 Å². The smallest absolute Gasteiger partial charge is 0.120 e. The summed E-state index contributed by atoms with van der Waals surface area (Å²) < 4.78 is 6.68. The molecule has 0 bridgehead atoms. The van der Waals surface area contributed by atoms with Crippen LogP contribution in [0.25, 0.3) is 0 Å². The van der Waals surface area contributed by atoms with E-state index in [4.69, 9.17) is 10.00 Å². The predicted octanol–water partition coefficient (Wildman–Crippen LogP) is 3.77. The Balaban J connectivity index is 1.95. The zero-order valence-corrected chi connectivity index (χ0v) is 10.8. The van der Waals surface area contributed by atoms with Crippen molar-refractivity contribution >= 4 is 15.9 Å². The summed E-state index contributed by atoms with van der Waals surface area (Å²) in [5.74, 6) is 1.48. The van der Waals surface area contributed by atoms with Crippen LogP contribution in [-0.4, -0.2) is 6.61 Å². The molecule has 84 valence electrons. The van der Waals surface area contributed by atoms with Crippen LogP contribution >= 0.6 is 15.9 Å². The number of halogens is 1. The van der Waals surface area contributed by atoms with Gasteiger partial charge < -0.3 is 4.74 Å². The van der Waals surface area contributed by atoms with Crippen LogP contribution < -0.4 is 4.74 Å². The highest BCUT2D eigenvalue weighted by Crippen LogP contribution is 2.45. The van der Waals surface area contributed by atoms with Gasteiger partial charge in [0, 0.05) is 4.47 Å². The molecular formula is C13H14BrNO. The number of hydrogen-bond donors (Lipinski definition) is 0. The van der Waals surface area contributed by atoms with Crippen molar-refractivity contribution in [2.45, 2.75) is 19.8 Å². The second-order valence-electron chi connectivity index (χ2n) is 4.65. The van der Waals surface area contributed by atoms with Gasteiger partial charge in [-0.05, 0) is 37.0 Å². The molecule has 1 aromatic carbocycles. The summed E-state index contributed by atoms with van der Waals surface area (Å²) in [4.78, 5) is 0. The van der Waals surface area contributed by atoms with Gasteiger partial charge in [-0.3, -0.25) is 0 Å². The molecule has 1 fully saturated rings. The van der Waals surface area contributed by atoms with Gasteiger partial charge in [-0.25, -0.2) is 0 Å². The minimum atomic E-state index is -0.248. The molecular weight excluding hydrogens is 266 g/mol. The molecule has 0 aliphatic heterocycles. The lowest BCUT2D eigenvalue weighted by Gasteiger charge is -2.40. The highest BCUT2D eigenvalue weighted by molar-refractivity contribution is 9.10. The zero-order chi connectivity index (χ0) is 11.6. The van der Waals surface area contributed by atoms with Crippen molar-refractivity contribution in [2.24, 2.45) is 11.3 Å². The van der Waals surface area contributed by atoms with Gasteiger partial charge in [0.25, 0.3) is 0 Å². The maximum Gasteiger partial charge on any atom is 0.120 e. The molecule has 0 N–H and O–H groups in total. The number of hydrogen-bond acceptors (Lipinski definition) is 2. The standard InChI is InChI=1S/C13H14BrNO/c1-10-6-13(7-10,8-15)9-16-12-4-2-3-11(14)5-12/h2-5,10H,6-7,9H2,1H3. The third-order valence-corrected chi connectivity index (χ3v) is 3.52. The monoisotopic (exact) mass is 279 g/mol. The van der Waals surface area contributed by atoms with Crippen LogP contribution in [0.3, 0.4) is 0 Å². The van der Waals surface area contributed by atoms with E-state index in [9.17, 15) is 0 Å². The minimum absolute atomic E-state index is 0.248. The van der Waals surface area contributed by atoms with E-state index in [0.717, 1.165) is 23.1 Å². The first-order valence-electron chi connectivity index (χ1n) is 5.43. The molecule has 0 atom stereocenters. The third kappa shape index (κ3) is 2.38. The summed E-state index contributed by atoms with van der Waals surface area (Å²) in [7, 11) is 0. The van der Waals surface area contributed by atoms with Crippen LogP contribution in [0.15, 0.2) is 28.7 Å². The molecule has 0 amide bonds. The second kappa shape index (κ2) is 4.47. The minimum Gasteiger partial charge on any atom is -0.492 e. The Labute approximate surface area is 104 Å². The maximum atomic E-state index is 9.15.